The number of benzene rings is 3. The Morgan fingerprint density at radius 3 is 1.97 bits per heavy atom. The first-order chi connectivity index (χ1) is 14.6. The number of rotatable bonds is 6. The quantitative estimate of drug-likeness (QED) is 0.379. The van der Waals surface area contributed by atoms with Gasteiger partial charge in [-0.1, -0.05) is 71.3 Å². The van der Waals surface area contributed by atoms with Crippen LogP contribution in [0, 0.1) is 13.8 Å². The highest BCUT2D eigenvalue weighted by Crippen LogP contribution is 2.28. The minimum absolute atomic E-state index is 0.0304. The third-order valence-electron chi connectivity index (χ3n) is 4.77. The monoisotopic (exact) mass is 456 g/mol. The van der Waals surface area contributed by atoms with Gasteiger partial charge in [-0.3, -0.25) is 4.79 Å². The van der Waals surface area contributed by atoms with Crippen LogP contribution in [0.5, 0.6) is 0 Å². The molecule has 3 aromatic carbocycles. The van der Waals surface area contributed by atoms with E-state index in [1.807, 2.05) is 26.0 Å². The second-order valence-corrected chi connectivity index (χ2v) is 9.76. The lowest BCUT2D eigenvalue weighted by Crippen LogP contribution is -2.21. The van der Waals surface area contributed by atoms with Gasteiger partial charge in [0, 0.05) is 17.4 Å². The van der Waals surface area contributed by atoms with Crippen molar-refractivity contribution in [1.29, 1.82) is 0 Å². The van der Waals surface area contributed by atoms with Crippen LogP contribution in [0.15, 0.2) is 71.6 Å². The number of hydrogen-bond acceptors (Lipinski definition) is 5. The van der Waals surface area contributed by atoms with Crippen LogP contribution in [0.2, 0.25) is 5.02 Å². The molecule has 0 aliphatic rings. The van der Waals surface area contributed by atoms with Crippen LogP contribution in [0.4, 0.5) is 0 Å². The van der Waals surface area contributed by atoms with Gasteiger partial charge in [-0.2, -0.15) is 0 Å². The van der Waals surface area contributed by atoms with E-state index >= 15 is 0 Å². The minimum atomic E-state index is -3.56. The molecule has 3 aromatic rings. The van der Waals surface area contributed by atoms with Gasteiger partial charge in [0.1, 0.15) is 0 Å². The standard InChI is InChI=1S/C24H21ClO5S/c1-15-4-8-17(9-5-15)22(26)23(18-10-6-16(2)7-11-18)30-24(27)20-14-19(31(3,28)29)12-13-21(20)25/h4-14,23H,1-3H3/t23-/m1/s1. The average molecular weight is 457 g/mol. The predicted octanol–water partition coefficient (Wildman–Crippen LogP) is 5.14. The van der Waals surface area contributed by atoms with Gasteiger partial charge >= 0.3 is 5.97 Å². The van der Waals surface area contributed by atoms with Crippen molar-refractivity contribution in [2.24, 2.45) is 0 Å². The van der Waals surface area contributed by atoms with Crippen molar-refractivity contribution in [3.05, 3.63) is 99.6 Å². The summed E-state index contributed by atoms with van der Waals surface area (Å²) in [6.45, 7) is 3.81. The number of halogens is 1. The third-order valence-corrected chi connectivity index (χ3v) is 6.20. The lowest BCUT2D eigenvalue weighted by atomic mass is 9.98. The lowest BCUT2D eigenvalue weighted by molar-refractivity contribution is 0.0280. The topological polar surface area (TPSA) is 77.5 Å². The van der Waals surface area contributed by atoms with Gasteiger partial charge in [0.05, 0.1) is 15.5 Å². The molecule has 3 rings (SSSR count). The molecule has 0 spiro atoms. The second kappa shape index (κ2) is 9.04. The smallest absolute Gasteiger partial charge is 0.340 e. The van der Waals surface area contributed by atoms with E-state index in [-0.39, 0.29) is 15.5 Å². The molecule has 0 radical (unpaired) electrons. The Hall–Kier alpha value is -2.96. The number of Topliss-reactive ketones (excluding diaryl/α,β-unsaturated/α-hetero) is 1. The molecule has 0 aliphatic carbocycles. The van der Waals surface area contributed by atoms with Gasteiger partial charge < -0.3 is 4.74 Å². The molecule has 1 atom stereocenters. The number of ether oxygens (including phenoxy) is 1. The molecule has 0 saturated heterocycles. The molecule has 0 heterocycles. The summed E-state index contributed by atoms with van der Waals surface area (Å²) in [5.74, 6) is -1.28. The van der Waals surface area contributed by atoms with E-state index in [0.717, 1.165) is 23.4 Å². The summed E-state index contributed by atoms with van der Waals surface area (Å²) < 4.78 is 29.3. The van der Waals surface area contributed by atoms with Crippen molar-refractivity contribution in [3.63, 3.8) is 0 Å². The van der Waals surface area contributed by atoms with Crippen molar-refractivity contribution >= 4 is 33.2 Å². The van der Waals surface area contributed by atoms with Crippen LogP contribution in [0.3, 0.4) is 0 Å². The fourth-order valence-corrected chi connectivity index (χ4v) is 3.79. The van der Waals surface area contributed by atoms with Crippen LogP contribution in [0.25, 0.3) is 0 Å². The van der Waals surface area contributed by atoms with Gasteiger partial charge in [0.15, 0.2) is 15.9 Å². The molecule has 5 nitrogen and oxygen atoms in total. The first-order valence-corrected chi connectivity index (χ1v) is 11.7. The molecule has 0 unspecified atom stereocenters. The molecular weight excluding hydrogens is 436 g/mol. The summed E-state index contributed by atoms with van der Waals surface area (Å²) in [4.78, 5) is 26.1. The molecule has 0 aromatic heterocycles. The highest BCUT2D eigenvalue weighted by Gasteiger charge is 2.28. The summed E-state index contributed by atoms with van der Waals surface area (Å²) in [6, 6.07) is 17.8. The van der Waals surface area contributed by atoms with Gasteiger partial charge in [-0.25, -0.2) is 13.2 Å². The van der Waals surface area contributed by atoms with E-state index < -0.39 is 27.7 Å². The van der Waals surface area contributed by atoms with Crippen molar-refractivity contribution in [3.8, 4) is 0 Å². The Morgan fingerprint density at radius 2 is 1.42 bits per heavy atom. The van der Waals surface area contributed by atoms with Crippen molar-refractivity contribution in [1.82, 2.24) is 0 Å². The van der Waals surface area contributed by atoms with Crippen LogP contribution >= 0.6 is 11.6 Å². The summed E-state index contributed by atoms with van der Waals surface area (Å²) in [5.41, 5.74) is 2.74. The SMILES string of the molecule is Cc1ccc(C(=O)[C@H](OC(=O)c2cc(S(C)(=O)=O)ccc2Cl)c2ccc(C)cc2)cc1. The molecule has 0 N–H and O–H groups in total. The number of carbonyl (C=O) groups excluding carboxylic acids is 2. The molecule has 7 heteroatoms. The summed E-state index contributed by atoms with van der Waals surface area (Å²) >= 11 is 6.12. The zero-order valence-electron chi connectivity index (χ0n) is 17.3. The van der Waals surface area contributed by atoms with Gasteiger partial charge in [-0.05, 0) is 32.0 Å². The van der Waals surface area contributed by atoms with E-state index in [1.165, 1.54) is 12.1 Å². The van der Waals surface area contributed by atoms with E-state index in [1.54, 1.807) is 36.4 Å². The molecule has 0 bridgehead atoms. The number of ketones is 1. The normalized spacial score (nSPS) is 12.3. The van der Waals surface area contributed by atoms with E-state index in [0.29, 0.717) is 11.1 Å². The Labute approximate surface area is 186 Å². The lowest BCUT2D eigenvalue weighted by Gasteiger charge is -2.18. The van der Waals surface area contributed by atoms with Crippen molar-refractivity contribution in [2.75, 3.05) is 6.26 Å². The van der Waals surface area contributed by atoms with Crippen LogP contribution in [-0.2, 0) is 14.6 Å². The maximum atomic E-state index is 13.2. The highest BCUT2D eigenvalue weighted by molar-refractivity contribution is 7.90. The maximum Gasteiger partial charge on any atom is 0.340 e. The summed E-state index contributed by atoms with van der Waals surface area (Å²) in [5, 5.41) is 0.0304. The van der Waals surface area contributed by atoms with Gasteiger partial charge in [0.2, 0.25) is 5.78 Å². The number of hydrogen-bond donors (Lipinski definition) is 0. The zero-order valence-corrected chi connectivity index (χ0v) is 18.8. The Kier molecular flexibility index (Phi) is 6.62. The molecule has 160 valence electrons. The highest BCUT2D eigenvalue weighted by atomic mass is 35.5. The molecule has 0 amide bonds. The van der Waals surface area contributed by atoms with Crippen LogP contribution in [0.1, 0.15) is 43.5 Å². The Bertz CT molecular complexity index is 1230. The zero-order chi connectivity index (χ0) is 22.8. The number of aryl methyl sites for hydroxylation is 2. The number of carbonyl (C=O) groups is 2. The first-order valence-electron chi connectivity index (χ1n) is 9.44. The third kappa shape index (κ3) is 5.40. The molecule has 0 saturated carbocycles. The number of sulfone groups is 1. The molecule has 31 heavy (non-hydrogen) atoms. The molecule has 0 fully saturated rings. The molecular formula is C24H21ClO5S. The average Bonchev–Trinajstić information content (AvgIpc) is 2.72. The van der Waals surface area contributed by atoms with Crippen molar-refractivity contribution in [2.45, 2.75) is 24.8 Å². The summed E-state index contributed by atoms with van der Waals surface area (Å²) in [6.07, 6.45) is -0.185. The summed E-state index contributed by atoms with van der Waals surface area (Å²) in [7, 11) is -3.56. The van der Waals surface area contributed by atoms with Gasteiger partial charge in [0.25, 0.3) is 0 Å². The van der Waals surface area contributed by atoms with E-state index in [4.69, 9.17) is 16.3 Å². The minimum Gasteiger partial charge on any atom is -0.445 e. The predicted molar refractivity (Wildman–Crippen MR) is 119 cm³/mol. The fraction of sp³-hybridized carbons (Fsp3) is 0.167. The largest absolute Gasteiger partial charge is 0.445 e. The number of esters is 1. The fourth-order valence-electron chi connectivity index (χ4n) is 2.95. The van der Waals surface area contributed by atoms with Crippen LogP contribution in [-0.4, -0.2) is 26.4 Å². The van der Waals surface area contributed by atoms with Gasteiger partial charge in [-0.15, -0.1) is 0 Å². The van der Waals surface area contributed by atoms with Crippen molar-refractivity contribution < 1.29 is 22.7 Å². The second-order valence-electron chi connectivity index (χ2n) is 7.34. The maximum absolute atomic E-state index is 13.2. The molecule has 0 aliphatic heterocycles. The first kappa shape index (κ1) is 22.7. The van der Waals surface area contributed by atoms with E-state index in [9.17, 15) is 18.0 Å². The Balaban J connectivity index is 2.01. The van der Waals surface area contributed by atoms with Crippen LogP contribution < -0.4 is 0 Å². The van der Waals surface area contributed by atoms with E-state index in [2.05, 4.69) is 0 Å². The Morgan fingerprint density at radius 1 is 0.871 bits per heavy atom.